The SMILES string of the molecule is NC1=N[C@H]2C(C(=O)O)NC(N)=[N+]3C[C@H](NC(=O)c4cccc5c4CCC5)C(O)(O)[C@]23N1. The first-order valence-corrected chi connectivity index (χ1v) is 10.0. The van der Waals surface area contributed by atoms with Gasteiger partial charge in [-0.15, -0.1) is 0 Å². The molecular weight excluding hydrogens is 406 g/mol. The number of guanidine groups is 2. The third kappa shape index (κ3) is 2.48. The fraction of sp³-hybridized carbons (Fsp3) is 0.474. The maximum Gasteiger partial charge on any atom is 0.346 e. The number of rotatable bonds is 3. The summed E-state index contributed by atoms with van der Waals surface area (Å²) in [6, 6.07) is 1.72. The van der Waals surface area contributed by atoms with Crippen molar-refractivity contribution in [1.29, 1.82) is 0 Å². The van der Waals surface area contributed by atoms with Crippen molar-refractivity contribution < 1.29 is 29.5 Å². The highest BCUT2D eigenvalue weighted by atomic mass is 16.5. The number of amides is 1. The predicted octanol–water partition coefficient (Wildman–Crippen LogP) is -3.67. The van der Waals surface area contributed by atoms with Gasteiger partial charge in [0, 0.05) is 5.56 Å². The summed E-state index contributed by atoms with van der Waals surface area (Å²) in [7, 11) is 0. The molecule has 3 aliphatic heterocycles. The molecule has 0 aromatic heterocycles. The van der Waals surface area contributed by atoms with Crippen molar-refractivity contribution in [2.75, 3.05) is 6.54 Å². The highest BCUT2D eigenvalue weighted by molar-refractivity contribution is 5.96. The van der Waals surface area contributed by atoms with E-state index in [1.807, 2.05) is 6.07 Å². The molecule has 31 heavy (non-hydrogen) atoms. The molecule has 0 bridgehead atoms. The molecule has 1 amide bonds. The number of carboxylic acid groups (broad SMARTS) is 1. The first kappa shape index (κ1) is 19.6. The van der Waals surface area contributed by atoms with Crippen molar-refractivity contribution in [3.05, 3.63) is 34.9 Å². The zero-order valence-corrected chi connectivity index (χ0v) is 16.5. The van der Waals surface area contributed by atoms with Crippen LogP contribution in [0.3, 0.4) is 0 Å². The summed E-state index contributed by atoms with van der Waals surface area (Å²) < 4.78 is 1.36. The van der Waals surface area contributed by atoms with Gasteiger partial charge in [-0.1, -0.05) is 12.1 Å². The van der Waals surface area contributed by atoms with Gasteiger partial charge in [-0.3, -0.25) is 15.8 Å². The highest BCUT2D eigenvalue weighted by Crippen LogP contribution is 2.41. The smallest absolute Gasteiger partial charge is 0.346 e. The predicted molar refractivity (Wildman–Crippen MR) is 107 cm³/mol. The normalized spacial score (nSPS) is 32.3. The van der Waals surface area contributed by atoms with Crippen molar-refractivity contribution in [3.8, 4) is 0 Å². The average Bonchev–Trinajstić information content (AvgIpc) is 3.37. The van der Waals surface area contributed by atoms with Crippen molar-refractivity contribution in [3.63, 3.8) is 0 Å². The topological polar surface area (TPSA) is 198 Å². The van der Waals surface area contributed by atoms with Crippen LogP contribution in [0.2, 0.25) is 0 Å². The quantitative estimate of drug-likeness (QED) is 0.176. The molecule has 164 valence electrons. The molecule has 1 spiro atoms. The molecule has 12 nitrogen and oxygen atoms in total. The zero-order valence-electron chi connectivity index (χ0n) is 16.5. The van der Waals surface area contributed by atoms with Crippen molar-refractivity contribution in [2.45, 2.75) is 48.8 Å². The van der Waals surface area contributed by atoms with Crippen LogP contribution in [0.1, 0.15) is 27.9 Å². The van der Waals surface area contributed by atoms with Crippen LogP contribution in [0, 0.1) is 0 Å². The Kier molecular flexibility index (Phi) is 3.98. The fourth-order valence-corrected chi connectivity index (χ4v) is 5.33. The van der Waals surface area contributed by atoms with Crippen molar-refractivity contribution >= 4 is 23.8 Å². The molecule has 4 aliphatic rings. The van der Waals surface area contributed by atoms with Crippen LogP contribution >= 0.6 is 0 Å². The number of aliphatic imine (C=N–C) groups is 1. The molecule has 1 saturated heterocycles. The summed E-state index contributed by atoms with van der Waals surface area (Å²) in [5, 5.41) is 40.2. The summed E-state index contributed by atoms with van der Waals surface area (Å²) >= 11 is 0. The molecule has 3 heterocycles. The minimum atomic E-state index is -2.64. The average molecular weight is 430 g/mol. The Hall–Kier alpha value is -3.38. The maximum absolute atomic E-state index is 13.1. The Labute approximate surface area is 176 Å². The molecule has 5 rings (SSSR count). The molecule has 1 aromatic rings. The number of aryl methyl sites for hydroxylation is 1. The van der Waals surface area contributed by atoms with E-state index in [-0.39, 0.29) is 18.5 Å². The Morgan fingerprint density at radius 1 is 1.26 bits per heavy atom. The van der Waals surface area contributed by atoms with Gasteiger partial charge in [0.05, 0.1) is 6.54 Å². The third-order valence-corrected chi connectivity index (χ3v) is 6.73. The molecule has 1 unspecified atom stereocenters. The molecule has 12 heteroatoms. The van der Waals surface area contributed by atoms with Gasteiger partial charge in [-0.2, -0.15) is 0 Å². The van der Waals surface area contributed by atoms with Crippen LogP contribution in [0.25, 0.3) is 0 Å². The minimum Gasteiger partial charge on any atom is -0.479 e. The van der Waals surface area contributed by atoms with E-state index in [4.69, 9.17) is 11.5 Å². The molecule has 4 atom stereocenters. The van der Waals surface area contributed by atoms with Gasteiger partial charge in [0.2, 0.25) is 11.4 Å². The van der Waals surface area contributed by atoms with Gasteiger partial charge < -0.3 is 31.7 Å². The Balaban J connectivity index is 1.52. The number of carbonyl (C=O) groups excluding carboxylic acids is 1. The lowest BCUT2D eigenvalue weighted by Crippen LogP contribution is -2.79. The van der Waals surface area contributed by atoms with E-state index in [0.29, 0.717) is 5.56 Å². The summed E-state index contributed by atoms with van der Waals surface area (Å²) in [6.07, 6.45) is 2.64. The summed E-state index contributed by atoms with van der Waals surface area (Å²) in [5.41, 5.74) is 12.5. The van der Waals surface area contributed by atoms with Gasteiger partial charge in [0.25, 0.3) is 5.91 Å². The number of aliphatic hydroxyl groups is 2. The van der Waals surface area contributed by atoms with Crippen LogP contribution in [0.4, 0.5) is 0 Å². The van der Waals surface area contributed by atoms with Crippen LogP contribution in [-0.2, 0) is 17.6 Å². The van der Waals surface area contributed by atoms with Gasteiger partial charge in [-0.25, -0.2) is 14.4 Å². The summed E-state index contributed by atoms with van der Waals surface area (Å²) in [5.74, 6) is -4.62. The van der Waals surface area contributed by atoms with Gasteiger partial charge in [0.15, 0.2) is 18.0 Å². The molecule has 1 aromatic carbocycles. The first-order chi connectivity index (χ1) is 14.7. The number of fused-ring (bicyclic) bond motifs is 1. The molecule has 0 radical (unpaired) electrons. The highest BCUT2D eigenvalue weighted by Gasteiger charge is 2.76. The minimum absolute atomic E-state index is 0.0918. The Morgan fingerprint density at radius 2 is 2.03 bits per heavy atom. The van der Waals surface area contributed by atoms with Crippen LogP contribution in [0.15, 0.2) is 23.2 Å². The Bertz CT molecular complexity index is 1070. The zero-order chi connectivity index (χ0) is 22.1. The molecule has 1 aliphatic carbocycles. The van der Waals surface area contributed by atoms with Crippen LogP contribution in [-0.4, -0.2) is 79.8 Å². The largest absolute Gasteiger partial charge is 0.479 e. The van der Waals surface area contributed by atoms with E-state index in [1.54, 1.807) is 12.1 Å². The van der Waals surface area contributed by atoms with Crippen molar-refractivity contribution in [2.24, 2.45) is 16.5 Å². The van der Waals surface area contributed by atoms with Crippen LogP contribution in [0.5, 0.6) is 0 Å². The van der Waals surface area contributed by atoms with E-state index in [9.17, 15) is 24.9 Å². The number of nitrogens with zero attached hydrogens (tertiary/aromatic N) is 2. The van der Waals surface area contributed by atoms with Gasteiger partial charge >= 0.3 is 11.9 Å². The van der Waals surface area contributed by atoms with E-state index < -0.39 is 41.5 Å². The van der Waals surface area contributed by atoms with Crippen LogP contribution < -0.4 is 27.4 Å². The van der Waals surface area contributed by atoms with E-state index >= 15 is 0 Å². The molecule has 10 N–H and O–H groups in total. The third-order valence-electron chi connectivity index (χ3n) is 6.73. The number of carbonyl (C=O) groups is 2. The standard InChI is InChI=1S/C19H23N7O5/c20-16-24-13-12(15(28)29)23-17(21)26-7-11(19(30,31)18(13,26)25-16)22-14(27)10-6-2-4-8-3-1-5-9(8)10/h2,4,6,11-13,30-31H,1,3,5,7H2,(H7,20,21,22,23,24,25,27,28,29)/p+1/t11-,12?,13-,18-/m0/s1. The number of hydrogen-bond donors (Lipinski definition) is 8. The lowest BCUT2D eigenvalue weighted by Gasteiger charge is -2.42. The summed E-state index contributed by atoms with van der Waals surface area (Å²) in [6.45, 7) is -0.106. The van der Waals surface area contributed by atoms with Crippen molar-refractivity contribution in [1.82, 2.24) is 16.0 Å². The van der Waals surface area contributed by atoms with Gasteiger partial charge in [0.1, 0.15) is 6.04 Å². The Morgan fingerprint density at radius 3 is 2.77 bits per heavy atom. The molecule has 1 fully saturated rings. The lowest BCUT2D eigenvalue weighted by molar-refractivity contribution is -0.622. The number of carboxylic acids is 1. The fourth-order valence-electron chi connectivity index (χ4n) is 5.33. The van der Waals surface area contributed by atoms with E-state index in [1.165, 1.54) is 4.58 Å². The van der Waals surface area contributed by atoms with E-state index in [0.717, 1.165) is 30.4 Å². The maximum atomic E-state index is 13.1. The number of benzene rings is 1. The number of aliphatic carboxylic acids is 1. The monoisotopic (exact) mass is 430 g/mol. The number of hydrogen-bond acceptors (Lipinski definition) is 9. The second-order valence-corrected chi connectivity index (χ2v) is 8.36. The van der Waals surface area contributed by atoms with Gasteiger partial charge in [-0.05, 0) is 36.5 Å². The summed E-state index contributed by atoms with van der Waals surface area (Å²) in [4.78, 5) is 29.0. The lowest BCUT2D eigenvalue weighted by atomic mass is 9.85. The van der Waals surface area contributed by atoms with E-state index in [2.05, 4.69) is 20.9 Å². The second kappa shape index (κ2) is 6.31. The molecule has 0 saturated carbocycles. The number of nitrogens with one attached hydrogen (secondary N) is 3. The molecular formula is C19H24N7O5+. The second-order valence-electron chi connectivity index (χ2n) is 8.36. The number of nitrogens with two attached hydrogens (primary N) is 2. The first-order valence-electron chi connectivity index (χ1n) is 10.0.